The maximum Gasteiger partial charge on any atom is 0.303 e. The Morgan fingerprint density at radius 1 is 1.04 bits per heavy atom. The van der Waals surface area contributed by atoms with Gasteiger partial charge in [-0.3, -0.25) is 19.4 Å². The molecular formula is C16H18INO7S. The third kappa shape index (κ3) is 6.01. The number of hydrogen-bond donors (Lipinski definition) is 0. The van der Waals surface area contributed by atoms with Gasteiger partial charge in [0.2, 0.25) is 0 Å². The van der Waals surface area contributed by atoms with Crippen molar-refractivity contribution in [2.45, 2.75) is 44.5 Å². The summed E-state index contributed by atoms with van der Waals surface area (Å²) in [5, 5.41) is 0. The summed E-state index contributed by atoms with van der Waals surface area (Å²) in [6.07, 6.45) is 0.537. The van der Waals surface area contributed by atoms with Crippen molar-refractivity contribution in [2.75, 3.05) is 5.75 Å². The predicted octanol–water partition coefficient (Wildman–Crippen LogP) is 1.93. The van der Waals surface area contributed by atoms with Crippen LogP contribution in [0.15, 0.2) is 18.5 Å². The number of nitrogens with zero attached hydrogens (tertiary/aromatic N) is 1. The lowest BCUT2D eigenvalue weighted by Gasteiger charge is -2.39. The van der Waals surface area contributed by atoms with E-state index in [-0.39, 0.29) is 0 Å². The summed E-state index contributed by atoms with van der Waals surface area (Å²) >= 11 is 3.40. The van der Waals surface area contributed by atoms with Gasteiger partial charge in [-0.2, -0.15) is 0 Å². The van der Waals surface area contributed by atoms with E-state index in [0.717, 1.165) is 3.57 Å². The van der Waals surface area contributed by atoms with E-state index in [2.05, 4.69) is 27.6 Å². The molecule has 1 aliphatic heterocycles. The van der Waals surface area contributed by atoms with Crippen molar-refractivity contribution in [1.29, 1.82) is 0 Å². The first kappa shape index (κ1) is 20.7. The third-order valence-corrected chi connectivity index (χ3v) is 5.04. The van der Waals surface area contributed by atoms with Crippen LogP contribution in [0.25, 0.3) is 0 Å². The topological polar surface area (TPSA) is 101 Å². The number of rotatable bonds is 5. The summed E-state index contributed by atoms with van der Waals surface area (Å²) in [4.78, 5) is 38.5. The average Bonchev–Trinajstić information content (AvgIpc) is 2.51. The number of halogens is 1. The zero-order valence-electron chi connectivity index (χ0n) is 14.3. The number of esters is 3. The largest absolute Gasteiger partial charge is 0.474 e. The molecule has 2 heterocycles. The smallest absolute Gasteiger partial charge is 0.303 e. The van der Waals surface area contributed by atoms with Gasteiger partial charge in [0, 0.05) is 36.3 Å². The molecule has 0 bridgehead atoms. The molecule has 0 saturated carbocycles. The molecule has 0 radical (unpaired) electrons. The van der Waals surface area contributed by atoms with Crippen LogP contribution in [0.2, 0.25) is 0 Å². The highest BCUT2D eigenvalue weighted by Gasteiger charge is 2.47. The molecule has 0 N–H and O–H groups in total. The van der Waals surface area contributed by atoms with Gasteiger partial charge >= 0.3 is 17.9 Å². The minimum Gasteiger partial charge on any atom is -0.474 e. The molecule has 1 aromatic heterocycles. The van der Waals surface area contributed by atoms with Crippen molar-refractivity contribution >= 4 is 52.3 Å². The summed E-state index contributed by atoms with van der Waals surface area (Å²) < 4.78 is 22.7. The number of thioether (sulfide) groups is 1. The van der Waals surface area contributed by atoms with Gasteiger partial charge in [-0.05, 0) is 28.7 Å². The zero-order valence-corrected chi connectivity index (χ0v) is 17.3. The summed E-state index contributed by atoms with van der Waals surface area (Å²) in [5.41, 5.74) is -0.657. The van der Waals surface area contributed by atoms with Gasteiger partial charge in [-0.1, -0.05) is 0 Å². The SMILES string of the molecule is CC(=O)O[C@H]1[C@H](OC(C)=O)CSC(Oc2cncc(I)c2)[C@@H]1OC(C)=O. The van der Waals surface area contributed by atoms with Crippen LogP contribution in [0, 0.1) is 3.57 Å². The first-order valence-electron chi connectivity index (χ1n) is 7.66. The molecule has 10 heteroatoms. The Morgan fingerprint density at radius 3 is 2.23 bits per heavy atom. The maximum atomic E-state index is 11.6. The normalized spacial score (nSPS) is 25.1. The fourth-order valence-corrected chi connectivity index (χ4v) is 4.08. The molecule has 8 nitrogen and oxygen atoms in total. The molecule has 1 aromatic rings. The van der Waals surface area contributed by atoms with Gasteiger partial charge in [-0.15, -0.1) is 11.8 Å². The molecule has 0 amide bonds. The first-order chi connectivity index (χ1) is 12.3. The van der Waals surface area contributed by atoms with Crippen molar-refractivity contribution in [3.63, 3.8) is 0 Å². The molecule has 0 spiro atoms. The first-order valence-corrected chi connectivity index (χ1v) is 9.79. The fraction of sp³-hybridized carbons (Fsp3) is 0.500. The van der Waals surface area contributed by atoms with Crippen LogP contribution in [-0.4, -0.2) is 52.4 Å². The summed E-state index contributed by atoms with van der Waals surface area (Å²) in [6, 6.07) is 1.78. The number of aromatic nitrogens is 1. The van der Waals surface area contributed by atoms with Gasteiger partial charge < -0.3 is 18.9 Å². The Kier molecular flexibility index (Phi) is 7.50. The highest BCUT2D eigenvalue weighted by Crippen LogP contribution is 2.34. The Morgan fingerprint density at radius 2 is 1.65 bits per heavy atom. The van der Waals surface area contributed by atoms with Gasteiger partial charge in [-0.25, -0.2) is 0 Å². The summed E-state index contributed by atoms with van der Waals surface area (Å²) in [7, 11) is 0. The molecule has 0 aromatic carbocycles. The Labute approximate surface area is 168 Å². The second-order valence-corrected chi connectivity index (χ2v) is 7.83. The number of hydrogen-bond acceptors (Lipinski definition) is 9. The molecule has 2 rings (SSSR count). The number of carbonyl (C=O) groups excluding carboxylic acids is 3. The second-order valence-electron chi connectivity index (χ2n) is 5.45. The van der Waals surface area contributed by atoms with Gasteiger partial charge in [0.25, 0.3) is 0 Å². The fourth-order valence-electron chi connectivity index (χ4n) is 2.40. The highest BCUT2D eigenvalue weighted by atomic mass is 127. The van der Waals surface area contributed by atoms with E-state index in [1.54, 1.807) is 12.3 Å². The van der Waals surface area contributed by atoms with Crippen LogP contribution in [0.5, 0.6) is 5.75 Å². The number of carbonyl (C=O) groups is 3. The van der Waals surface area contributed by atoms with E-state index < -0.39 is 41.7 Å². The maximum absolute atomic E-state index is 11.6. The third-order valence-electron chi connectivity index (χ3n) is 3.24. The van der Waals surface area contributed by atoms with E-state index >= 15 is 0 Å². The molecule has 0 aliphatic carbocycles. The summed E-state index contributed by atoms with van der Waals surface area (Å²) in [5.74, 6) is -0.858. The quantitative estimate of drug-likeness (QED) is 0.345. The highest BCUT2D eigenvalue weighted by molar-refractivity contribution is 14.1. The number of ether oxygens (including phenoxy) is 4. The van der Waals surface area contributed by atoms with Gasteiger partial charge in [0.05, 0.1) is 6.20 Å². The average molecular weight is 495 g/mol. The Bertz CT molecular complexity index is 686. The standard InChI is InChI=1S/C16H18INO7S/c1-8(19)22-13-7-26-16(25-12-4-11(17)5-18-6-12)15(24-10(3)21)14(13)23-9(2)20/h4-6,13-16H,7H2,1-3H3/t13-,14+,15-,16?/m1/s1. The van der Waals surface area contributed by atoms with E-state index in [1.165, 1.54) is 38.7 Å². The van der Waals surface area contributed by atoms with Crippen molar-refractivity contribution < 1.29 is 33.3 Å². The monoisotopic (exact) mass is 495 g/mol. The molecule has 1 aliphatic rings. The molecule has 26 heavy (non-hydrogen) atoms. The Balaban J connectivity index is 2.27. The van der Waals surface area contributed by atoms with Gasteiger partial charge in [0.15, 0.2) is 23.7 Å². The Hall–Kier alpha value is -1.56. The van der Waals surface area contributed by atoms with E-state index in [0.29, 0.717) is 11.5 Å². The molecular weight excluding hydrogens is 477 g/mol. The molecule has 1 saturated heterocycles. The van der Waals surface area contributed by atoms with Crippen LogP contribution in [0.4, 0.5) is 0 Å². The molecule has 1 fully saturated rings. The van der Waals surface area contributed by atoms with Crippen molar-refractivity contribution in [2.24, 2.45) is 0 Å². The van der Waals surface area contributed by atoms with E-state index in [9.17, 15) is 14.4 Å². The van der Waals surface area contributed by atoms with Crippen LogP contribution in [-0.2, 0) is 28.6 Å². The lowest BCUT2D eigenvalue weighted by Crippen LogP contribution is -2.55. The second kappa shape index (κ2) is 9.40. The van der Waals surface area contributed by atoms with Crippen LogP contribution in [0.3, 0.4) is 0 Å². The van der Waals surface area contributed by atoms with Crippen LogP contribution >= 0.6 is 34.4 Å². The molecule has 4 atom stereocenters. The van der Waals surface area contributed by atoms with Gasteiger partial charge in [0.1, 0.15) is 5.75 Å². The predicted molar refractivity (Wildman–Crippen MR) is 100 cm³/mol. The molecule has 142 valence electrons. The minimum atomic E-state index is -0.970. The number of pyridine rings is 1. The lowest BCUT2D eigenvalue weighted by atomic mass is 10.1. The summed E-state index contributed by atoms with van der Waals surface area (Å²) in [6.45, 7) is 3.74. The molecule has 1 unspecified atom stereocenters. The minimum absolute atomic E-state index is 0.317. The van der Waals surface area contributed by atoms with Crippen LogP contribution < -0.4 is 4.74 Å². The van der Waals surface area contributed by atoms with Crippen LogP contribution in [0.1, 0.15) is 20.8 Å². The zero-order chi connectivity index (χ0) is 19.3. The lowest BCUT2D eigenvalue weighted by molar-refractivity contribution is -0.186. The van der Waals surface area contributed by atoms with E-state index in [4.69, 9.17) is 18.9 Å². The van der Waals surface area contributed by atoms with Crippen molar-refractivity contribution in [3.8, 4) is 5.75 Å². The van der Waals surface area contributed by atoms with Crippen molar-refractivity contribution in [3.05, 3.63) is 22.0 Å². The van der Waals surface area contributed by atoms with E-state index in [1.807, 2.05) is 0 Å². The van der Waals surface area contributed by atoms with Crippen molar-refractivity contribution in [1.82, 2.24) is 4.98 Å².